The lowest BCUT2D eigenvalue weighted by atomic mass is 9.89. The number of nitrogens with one attached hydrogen (secondary N) is 1. The van der Waals surface area contributed by atoms with E-state index in [0.717, 1.165) is 0 Å². The minimum Gasteiger partial charge on any atom is -0.506 e. The van der Waals surface area contributed by atoms with Crippen molar-refractivity contribution in [2.75, 3.05) is 5.32 Å². The minimum atomic E-state index is -0.589. The second kappa shape index (κ2) is 5.53. The molecule has 0 spiro atoms. The van der Waals surface area contributed by atoms with Crippen LogP contribution in [-0.4, -0.2) is 16.8 Å². The lowest BCUT2D eigenvalue weighted by molar-refractivity contribution is -0.130. The number of anilines is 1. The zero-order chi connectivity index (χ0) is 14.6. The van der Waals surface area contributed by atoms with E-state index in [-0.39, 0.29) is 23.6 Å². The Morgan fingerprint density at radius 3 is 2.53 bits per heavy atom. The fraction of sp³-hybridized carbons (Fsp3) is 0.357. The maximum Gasteiger partial charge on any atom is 0.231 e. The number of carbonyl (C=O) groups excluding carboxylic acids is 2. The van der Waals surface area contributed by atoms with Gasteiger partial charge in [-0.1, -0.05) is 20.8 Å². The summed E-state index contributed by atoms with van der Waals surface area (Å²) in [7, 11) is 0. The average Bonchev–Trinajstić information content (AvgIpc) is 2.30. The third-order valence-electron chi connectivity index (χ3n) is 2.56. The summed E-state index contributed by atoms with van der Waals surface area (Å²) < 4.78 is 0. The molecular weight excluding hydrogens is 244 g/mol. The number of benzene rings is 1. The van der Waals surface area contributed by atoms with Crippen LogP contribution in [-0.2, 0) is 9.59 Å². The van der Waals surface area contributed by atoms with Crippen molar-refractivity contribution in [1.29, 1.82) is 5.26 Å². The van der Waals surface area contributed by atoms with Gasteiger partial charge in [-0.3, -0.25) is 9.59 Å². The standard InChI is InChI=1S/C14H16N2O3/c1-14(2,3)12(18)7-13(19)16-10-6-9(8-15)4-5-11(10)17/h4-6,17H,7H2,1-3H3,(H,16,19). The normalized spacial score (nSPS) is 10.6. The van der Waals surface area contributed by atoms with Gasteiger partial charge in [-0.2, -0.15) is 5.26 Å². The fourth-order valence-electron chi connectivity index (χ4n) is 1.31. The number of hydrogen-bond acceptors (Lipinski definition) is 4. The van der Waals surface area contributed by atoms with Gasteiger partial charge in [0.15, 0.2) is 0 Å². The Morgan fingerprint density at radius 1 is 1.37 bits per heavy atom. The number of ketones is 1. The highest BCUT2D eigenvalue weighted by atomic mass is 16.3. The van der Waals surface area contributed by atoms with Crippen LogP contribution in [0.5, 0.6) is 5.75 Å². The first-order chi connectivity index (χ1) is 8.74. The molecule has 1 amide bonds. The van der Waals surface area contributed by atoms with Gasteiger partial charge in [0.1, 0.15) is 11.5 Å². The van der Waals surface area contributed by atoms with Crippen molar-refractivity contribution in [1.82, 2.24) is 0 Å². The first-order valence-corrected chi connectivity index (χ1v) is 5.80. The van der Waals surface area contributed by atoms with E-state index in [1.165, 1.54) is 18.2 Å². The van der Waals surface area contributed by atoms with E-state index in [1.807, 2.05) is 6.07 Å². The van der Waals surface area contributed by atoms with Crippen LogP contribution in [0, 0.1) is 16.7 Å². The number of Topliss-reactive ketones (excluding diaryl/α,β-unsaturated/α-hetero) is 1. The Morgan fingerprint density at radius 2 is 2.00 bits per heavy atom. The summed E-state index contributed by atoms with van der Waals surface area (Å²) in [5, 5.41) is 20.7. The highest BCUT2D eigenvalue weighted by Gasteiger charge is 2.23. The summed E-state index contributed by atoms with van der Waals surface area (Å²) in [6.45, 7) is 5.20. The number of amides is 1. The van der Waals surface area contributed by atoms with E-state index in [0.29, 0.717) is 5.56 Å². The molecule has 0 saturated heterocycles. The van der Waals surface area contributed by atoms with Crippen molar-refractivity contribution in [2.45, 2.75) is 27.2 Å². The molecule has 0 aliphatic rings. The summed E-state index contributed by atoms with van der Waals surface area (Å²) in [5.74, 6) is -0.846. The minimum absolute atomic E-state index is 0.130. The molecule has 5 nitrogen and oxygen atoms in total. The van der Waals surface area contributed by atoms with Gasteiger partial charge in [0, 0.05) is 5.41 Å². The summed E-state index contributed by atoms with van der Waals surface area (Å²) in [5.41, 5.74) is -0.144. The van der Waals surface area contributed by atoms with E-state index < -0.39 is 11.3 Å². The SMILES string of the molecule is CC(C)(C)C(=O)CC(=O)Nc1cc(C#N)ccc1O. The number of nitriles is 1. The molecule has 100 valence electrons. The van der Waals surface area contributed by atoms with Gasteiger partial charge < -0.3 is 10.4 Å². The van der Waals surface area contributed by atoms with Crippen LogP contribution in [0.4, 0.5) is 5.69 Å². The predicted molar refractivity (Wildman–Crippen MR) is 70.5 cm³/mol. The zero-order valence-electron chi connectivity index (χ0n) is 11.2. The quantitative estimate of drug-likeness (QED) is 0.644. The average molecular weight is 260 g/mol. The molecule has 0 bridgehead atoms. The van der Waals surface area contributed by atoms with Gasteiger partial charge in [0.25, 0.3) is 0 Å². The number of rotatable bonds is 3. The van der Waals surface area contributed by atoms with Crippen molar-refractivity contribution >= 4 is 17.4 Å². The molecule has 1 aromatic carbocycles. The van der Waals surface area contributed by atoms with Gasteiger partial charge >= 0.3 is 0 Å². The maximum atomic E-state index is 11.7. The number of nitrogens with zero attached hydrogens (tertiary/aromatic N) is 1. The molecule has 0 radical (unpaired) electrons. The van der Waals surface area contributed by atoms with Crippen LogP contribution in [0.25, 0.3) is 0 Å². The molecule has 5 heteroatoms. The molecule has 0 saturated carbocycles. The number of carbonyl (C=O) groups is 2. The third-order valence-corrected chi connectivity index (χ3v) is 2.56. The number of hydrogen-bond donors (Lipinski definition) is 2. The Hall–Kier alpha value is -2.35. The van der Waals surface area contributed by atoms with E-state index in [2.05, 4.69) is 5.32 Å². The summed E-state index contributed by atoms with van der Waals surface area (Å²) >= 11 is 0. The molecule has 0 unspecified atom stereocenters. The molecule has 0 heterocycles. The lowest BCUT2D eigenvalue weighted by Crippen LogP contribution is -2.26. The largest absolute Gasteiger partial charge is 0.506 e. The van der Waals surface area contributed by atoms with Crippen LogP contribution < -0.4 is 5.32 Å². The number of aromatic hydroxyl groups is 1. The second-order valence-corrected chi connectivity index (χ2v) is 5.24. The highest BCUT2D eigenvalue weighted by molar-refractivity contribution is 6.06. The van der Waals surface area contributed by atoms with Crippen molar-refractivity contribution in [3.63, 3.8) is 0 Å². The molecular formula is C14H16N2O3. The van der Waals surface area contributed by atoms with Gasteiger partial charge in [-0.15, -0.1) is 0 Å². The van der Waals surface area contributed by atoms with Crippen molar-refractivity contribution < 1.29 is 14.7 Å². The Labute approximate surface area is 111 Å². The number of phenolic OH excluding ortho intramolecular Hbond substituents is 1. The van der Waals surface area contributed by atoms with Gasteiger partial charge in [0.05, 0.1) is 23.7 Å². The van der Waals surface area contributed by atoms with Crippen molar-refractivity contribution in [3.8, 4) is 11.8 Å². The van der Waals surface area contributed by atoms with Crippen LogP contribution in [0.1, 0.15) is 32.8 Å². The fourth-order valence-corrected chi connectivity index (χ4v) is 1.31. The molecule has 0 atom stereocenters. The second-order valence-electron chi connectivity index (χ2n) is 5.24. The van der Waals surface area contributed by atoms with Crippen LogP contribution in [0.15, 0.2) is 18.2 Å². The summed E-state index contributed by atoms with van der Waals surface area (Å²) in [6.07, 6.45) is -0.264. The monoisotopic (exact) mass is 260 g/mol. The van der Waals surface area contributed by atoms with E-state index >= 15 is 0 Å². The highest BCUT2D eigenvalue weighted by Crippen LogP contribution is 2.24. The first kappa shape index (κ1) is 14.7. The molecule has 0 aromatic heterocycles. The molecule has 2 N–H and O–H groups in total. The Bertz CT molecular complexity index is 551. The van der Waals surface area contributed by atoms with E-state index in [1.54, 1.807) is 20.8 Å². The van der Waals surface area contributed by atoms with Crippen LogP contribution >= 0.6 is 0 Å². The van der Waals surface area contributed by atoms with Crippen LogP contribution in [0.2, 0.25) is 0 Å². The summed E-state index contributed by atoms with van der Waals surface area (Å²) in [4.78, 5) is 23.4. The smallest absolute Gasteiger partial charge is 0.231 e. The first-order valence-electron chi connectivity index (χ1n) is 5.80. The molecule has 0 aliphatic carbocycles. The molecule has 1 aromatic rings. The molecule has 0 fully saturated rings. The topological polar surface area (TPSA) is 90.2 Å². The molecule has 0 aliphatic heterocycles. The van der Waals surface area contributed by atoms with Gasteiger partial charge in [0.2, 0.25) is 5.91 Å². The zero-order valence-corrected chi connectivity index (χ0v) is 11.2. The predicted octanol–water partition coefficient (Wildman–Crippen LogP) is 2.21. The Kier molecular flexibility index (Phi) is 4.28. The van der Waals surface area contributed by atoms with Crippen LogP contribution in [0.3, 0.4) is 0 Å². The third kappa shape index (κ3) is 4.11. The van der Waals surface area contributed by atoms with Gasteiger partial charge in [-0.25, -0.2) is 0 Å². The lowest BCUT2D eigenvalue weighted by Gasteiger charge is -2.16. The maximum absolute atomic E-state index is 11.7. The van der Waals surface area contributed by atoms with Crippen molar-refractivity contribution in [2.24, 2.45) is 5.41 Å². The van der Waals surface area contributed by atoms with Gasteiger partial charge in [-0.05, 0) is 18.2 Å². The molecule has 1 rings (SSSR count). The van der Waals surface area contributed by atoms with E-state index in [4.69, 9.17) is 5.26 Å². The number of phenols is 1. The molecule has 19 heavy (non-hydrogen) atoms. The summed E-state index contributed by atoms with van der Waals surface area (Å²) in [6, 6.07) is 6.01. The van der Waals surface area contributed by atoms with E-state index in [9.17, 15) is 14.7 Å². The van der Waals surface area contributed by atoms with Crippen molar-refractivity contribution in [3.05, 3.63) is 23.8 Å². The Balaban J connectivity index is 2.78.